The van der Waals surface area contributed by atoms with Gasteiger partial charge in [-0.05, 0) is 37.6 Å². The molecule has 7 heteroatoms. The van der Waals surface area contributed by atoms with Gasteiger partial charge in [-0.25, -0.2) is 8.42 Å². The summed E-state index contributed by atoms with van der Waals surface area (Å²) in [6.07, 6.45) is 0. The minimum atomic E-state index is -3.85. The van der Waals surface area contributed by atoms with Crippen LogP contribution in [0.1, 0.15) is 11.1 Å². The third kappa shape index (κ3) is 3.32. The van der Waals surface area contributed by atoms with E-state index in [0.29, 0.717) is 11.4 Å². The zero-order valence-electron chi connectivity index (χ0n) is 12.3. The van der Waals surface area contributed by atoms with Crippen LogP contribution in [-0.2, 0) is 10.0 Å². The fourth-order valence-electron chi connectivity index (χ4n) is 2.01. The fraction of sp³-hybridized carbons (Fsp3) is 0.200. The number of ether oxygens (including phenoxy) is 1. The number of nitrogens with one attached hydrogen (secondary N) is 1. The highest BCUT2D eigenvalue weighted by molar-refractivity contribution is 7.92. The second kappa shape index (κ2) is 6.36. The Morgan fingerprint density at radius 2 is 1.73 bits per heavy atom. The smallest absolute Gasteiger partial charge is 0.263 e. The van der Waals surface area contributed by atoms with E-state index in [9.17, 15) is 8.42 Å². The van der Waals surface area contributed by atoms with Crippen LogP contribution in [-0.4, -0.2) is 15.5 Å². The Morgan fingerprint density at radius 1 is 1.05 bits per heavy atom. The second-order valence-corrected chi connectivity index (χ2v) is 7.22. The lowest BCUT2D eigenvalue weighted by atomic mass is 10.1. The molecule has 22 heavy (non-hydrogen) atoms. The van der Waals surface area contributed by atoms with E-state index in [2.05, 4.69) is 4.72 Å². The molecule has 0 atom stereocenters. The third-order valence-electron chi connectivity index (χ3n) is 3.15. The van der Waals surface area contributed by atoms with Gasteiger partial charge in [-0.1, -0.05) is 40.9 Å². The molecule has 118 valence electrons. The predicted octanol–water partition coefficient (Wildman–Crippen LogP) is 4.42. The molecule has 0 aliphatic heterocycles. The van der Waals surface area contributed by atoms with Gasteiger partial charge in [0.1, 0.15) is 15.7 Å². The van der Waals surface area contributed by atoms with Crippen molar-refractivity contribution in [1.29, 1.82) is 0 Å². The highest BCUT2D eigenvalue weighted by Gasteiger charge is 2.22. The number of methoxy groups -OCH3 is 1. The summed E-state index contributed by atoms with van der Waals surface area (Å²) in [5.74, 6) is 0.317. The summed E-state index contributed by atoms with van der Waals surface area (Å²) in [6, 6.07) is 8.25. The summed E-state index contributed by atoms with van der Waals surface area (Å²) in [5.41, 5.74) is 2.36. The lowest BCUT2D eigenvalue weighted by Crippen LogP contribution is -2.14. The van der Waals surface area contributed by atoms with Gasteiger partial charge in [0.2, 0.25) is 0 Å². The molecule has 0 bridgehead atoms. The van der Waals surface area contributed by atoms with E-state index < -0.39 is 10.0 Å². The molecule has 2 aromatic carbocycles. The maximum atomic E-state index is 12.5. The molecular weight excluding hydrogens is 345 g/mol. The molecule has 0 spiro atoms. The van der Waals surface area contributed by atoms with Crippen molar-refractivity contribution in [1.82, 2.24) is 0 Å². The van der Waals surface area contributed by atoms with Crippen molar-refractivity contribution in [2.45, 2.75) is 18.7 Å². The molecule has 0 aliphatic rings. The SMILES string of the molecule is COc1ccc(S(=O)(=O)Nc2ccc(C)cc2C)c(Cl)c1Cl. The zero-order chi connectivity index (χ0) is 16.5. The number of sulfonamides is 1. The van der Waals surface area contributed by atoms with E-state index in [1.165, 1.54) is 19.2 Å². The number of anilines is 1. The van der Waals surface area contributed by atoms with Gasteiger partial charge >= 0.3 is 0 Å². The first-order valence-electron chi connectivity index (χ1n) is 6.38. The van der Waals surface area contributed by atoms with Crippen molar-refractivity contribution < 1.29 is 13.2 Å². The lowest BCUT2D eigenvalue weighted by molar-refractivity contribution is 0.414. The van der Waals surface area contributed by atoms with Crippen LogP contribution in [0.4, 0.5) is 5.69 Å². The monoisotopic (exact) mass is 359 g/mol. The number of aryl methyl sites for hydroxylation is 2. The number of hydrogen-bond donors (Lipinski definition) is 1. The topological polar surface area (TPSA) is 55.4 Å². The largest absolute Gasteiger partial charge is 0.495 e. The lowest BCUT2D eigenvalue weighted by Gasteiger charge is -2.14. The molecule has 0 unspecified atom stereocenters. The van der Waals surface area contributed by atoms with E-state index in [0.717, 1.165) is 11.1 Å². The van der Waals surface area contributed by atoms with Gasteiger partial charge in [0.25, 0.3) is 10.0 Å². The van der Waals surface area contributed by atoms with Gasteiger partial charge in [0.05, 0.1) is 17.8 Å². The van der Waals surface area contributed by atoms with Gasteiger partial charge < -0.3 is 4.74 Å². The summed E-state index contributed by atoms with van der Waals surface area (Å²) in [6.45, 7) is 3.76. The molecule has 0 fully saturated rings. The maximum absolute atomic E-state index is 12.5. The number of benzene rings is 2. The Bertz CT molecular complexity index is 820. The quantitative estimate of drug-likeness (QED) is 0.878. The van der Waals surface area contributed by atoms with Crippen molar-refractivity contribution in [3.8, 4) is 5.75 Å². The average molecular weight is 360 g/mol. The normalized spacial score (nSPS) is 11.3. The molecule has 0 aliphatic carbocycles. The highest BCUT2D eigenvalue weighted by atomic mass is 35.5. The fourth-order valence-corrected chi connectivity index (χ4v) is 3.98. The zero-order valence-corrected chi connectivity index (χ0v) is 14.6. The Kier molecular flexibility index (Phi) is 4.90. The van der Waals surface area contributed by atoms with Gasteiger partial charge in [0.15, 0.2) is 0 Å². The van der Waals surface area contributed by atoms with Crippen molar-refractivity contribution in [2.24, 2.45) is 0 Å². The molecule has 0 aromatic heterocycles. The van der Waals surface area contributed by atoms with Crippen LogP contribution in [0.5, 0.6) is 5.75 Å². The van der Waals surface area contributed by atoms with Crippen LogP contribution in [0.15, 0.2) is 35.2 Å². The molecule has 0 saturated carbocycles. The first kappa shape index (κ1) is 16.9. The van der Waals surface area contributed by atoms with Crippen LogP contribution in [0.2, 0.25) is 10.0 Å². The summed E-state index contributed by atoms with van der Waals surface area (Å²) >= 11 is 12.1. The van der Waals surface area contributed by atoms with Gasteiger partial charge in [0, 0.05) is 0 Å². The van der Waals surface area contributed by atoms with E-state index >= 15 is 0 Å². The predicted molar refractivity (Wildman–Crippen MR) is 89.7 cm³/mol. The molecule has 0 heterocycles. The molecule has 0 amide bonds. The molecule has 0 saturated heterocycles. The van der Waals surface area contributed by atoms with Crippen LogP contribution in [0.3, 0.4) is 0 Å². The van der Waals surface area contributed by atoms with E-state index in [1.54, 1.807) is 6.07 Å². The average Bonchev–Trinajstić information content (AvgIpc) is 2.44. The van der Waals surface area contributed by atoms with Gasteiger partial charge in [-0.2, -0.15) is 0 Å². The number of rotatable bonds is 4. The first-order valence-corrected chi connectivity index (χ1v) is 8.62. The van der Waals surface area contributed by atoms with Gasteiger partial charge in [-0.3, -0.25) is 4.72 Å². The van der Waals surface area contributed by atoms with E-state index in [-0.39, 0.29) is 14.9 Å². The van der Waals surface area contributed by atoms with Crippen LogP contribution < -0.4 is 9.46 Å². The summed E-state index contributed by atoms with van der Waals surface area (Å²) in [5, 5.41) is -0.00838. The van der Waals surface area contributed by atoms with Gasteiger partial charge in [-0.15, -0.1) is 0 Å². The number of halogens is 2. The Morgan fingerprint density at radius 3 is 2.32 bits per heavy atom. The standard InChI is InChI=1S/C15H15Cl2NO3S/c1-9-4-5-11(10(2)8-9)18-22(19,20)13-7-6-12(21-3)14(16)15(13)17/h4-8,18H,1-3H3. The molecule has 2 aromatic rings. The third-order valence-corrected chi connectivity index (χ3v) is 5.53. The maximum Gasteiger partial charge on any atom is 0.263 e. The van der Waals surface area contributed by atoms with Crippen LogP contribution >= 0.6 is 23.2 Å². The Labute approximate surface area is 140 Å². The summed E-state index contributed by atoms with van der Waals surface area (Å²) < 4.78 is 32.6. The molecular formula is C15H15Cl2NO3S. The van der Waals surface area contributed by atoms with Crippen molar-refractivity contribution in [3.05, 3.63) is 51.5 Å². The molecule has 4 nitrogen and oxygen atoms in total. The number of hydrogen-bond acceptors (Lipinski definition) is 3. The molecule has 1 N–H and O–H groups in total. The second-order valence-electron chi connectivity index (χ2n) is 4.82. The highest BCUT2D eigenvalue weighted by Crippen LogP contribution is 2.37. The van der Waals surface area contributed by atoms with Crippen molar-refractivity contribution in [2.75, 3.05) is 11.8 Å². The van der Waals surface area contributed by atoms with E-state index in [1.807, 2.05) is 26.0 Å². The van der Waals surface area contributed by atoms with Crippen molar-refractivity contribution in [3.63, 3.8) is 0 Å². The van der Waals surface area contributed by atoms with Crippen LogP contribution in [0.25, 0.3) is 0 Å². The van der Waals surface area contributed by atoms with Crippen LogP contribution in [0, 0.1) is 13.8 Å². The molecule has 0 radical (unpaired) electrons. The summed E-state index contributed by atoms with van der Waals surface area (Å²) in [4.78, 5) is -0.0973. The first-order chi connectivity index (χ1) is 10.3. The summed E-state index contributed by atoms with van der Waals surface area (Å²) in [7, 11) is -2.42. The minimum Gasteiger partial charge on any atom is -0.495 e. The minimum absolute atomic E-state index is 0.0627. The molecule has 2 rings (SSSR count). The Balaban J connectivity index is 2.45. The Hall–Kier alpha value is -1.43. The van der Waals surface area contributed by atoms with Crippen molar-refractivity contribution >= 4 is 38.9 Å². The van der Waals surface area contributed by atoms with E-state index in [4.69, 9.17) is 27.9 Å².